The number of hydrogen-bond donors (Lipinski definition) is 1. The van der Waals surface area contributed by atoms with Gasteiger partial charge in [-0.05, 0) is 34.4 Å². The highest BCUT2D eigenvalue weighted by molar-refractivity contribution is 5.84. The van der Waals surface area contributed by atoms with Crippen LogP contribution in [0.1, 0.15) is 22.9 Å². The number of halogens is 1. The minimum atomic E-state index is -0.692. The normalized spacial score (nSPS) is 16.6. The molecule has 4 nitrogen and oxygen atoms in total. The summed E-state index contributed by atoms with van der Waals surface area (Å²) in [5.41, 5.74) is 5.38. The number of aromatic nitrogens is 2. The average Bonchev–Trinajstić information content (AvgIpc) is 3.24. The lowest BCUT2D eigenvalue weighted by Gasteiger charge is -2.21. The monoisotopic (exact) mass is 373 g/mol. The van der Waals surface area contributed by atoms with Gasteiger partial charge in [-0.2, -0.15) is 5.10 Å². The summed E-state index contributed by atoms with van der Waals surface area (Å²) in [6, 6.07) is 19.1. The summed E-state index contributed by atoms with van der Waals surface area (Å²) >= 11 is 0. The summed E-state index contributed by atoms with van der Waals surface area (Å²) in [4.78, 5) is 1.88. The maximum Gasteiger partial charge on any atom is 0.134 e. The summed E-state index contributed by atoms with van der Waals surface area (Å²) in [7, 11) is 1.90. The molecule has 2 heterocycles. The molecule has 1 unspecified atom stereocenters. The number of aliphatic hydroxyl groups is 1. The van der Waals surface area contributed by atoms with Gasteiger partial charge in [0.15, 0.2) is 0 Å². The van der Waals surface area contributed by atoms with E-state index in [4.69, 9.17) is 0 Å². The highest BCUT2D eigenvalue weighted by Gasteiger charge is 2.28. The van der Waals surface area contributed by atoms with E-state index in [-0.39, 0.29) is 5.82 Å². The highest BCUT2D eigenvalue weighted by atomic mass is 19.1. The molecular weight excluding hydrogens is 353 g/mol. The summed E-state index contributed by atoms with van der Waals surface area (Å²) in [5, 5.41) is 15.8. The van der Waals surface area contributed by atoms with Crippen molar-refractivity contribution in [1.82, 2.24) is 14.7 Å². The van der Waals surface area contributed by atoms with E-state index in [0.717, 1.165) is 33.2 Å². The fourth-order valence-electron chi connectivity index (χ4n) is 3.97. The molecule has 0 saturated carbocycles. The Kier molecular flexibility index (Phi) is 4.00. The molecule has 1 aliphatic rings. The lowest BCUT2D eigenvalue weighted by molar-refractivity contribution is 0.00707. The van der Waals surface area contributed by atoms with Gasteiger partial charge in [0.2, 0.25) is 0 Å². The van der Waals surface area contributed by atoms with Crippen molar-refractivity contribution in [2.24, 2.45) is 7.05 Å². The van der Waals surface area contributed by atoms with Crippen LogP contribution in [0.4, 0.5) is 4.39 Å². The third-order valence-electron chi connectivity index (χ3n) is 5.56. The molecule has 1 aromatic heterocycles. The van der Waals surface area contributed by atoms with E-state index in [1.54, 1.807) is 6.07 Å². The van der Waals surface area contributed by atoms with E-state index in [1.807, 2.05) is 77.4 Å². The number of aryl methyl sites for hydroxylation is 1. The second-order valence-corrected chi connectivity index (χ2v) is 7.33. The Bertz CT molecular complexity index is 1180. The molecule has 5 rings (SSSR count). The smallest absolute Gasteiger partial charge is 0.134 e. The quantitative estimate of drug-likeness (QED) is 0.579. The molecule has 28 heavy (non-hydrogen) atoms. The molecule has 0 fully saturated rings. The molecule has 0 aliphatic carbocycles. The molecular formula is C23H20FN3O. The van der Waals surface area contributed by atoms with Gasteiger partial charge in [0.1, 0.15) is 12.0 Å². The highest BCUT2D eigenvalue weighted by Crippen LogP contribution is 2.33. The van der Waals surface area contributed by atoms with Crippen molar-refractivity contribution in [2.45, 2.75) is 19.3 Å². The SMILES string of the molecule is Cn1ncc2ccc(-c3ccc(CN4Cc5ccccc5C4O)c(F)c3)cc21. The number of nitrogens with zero attached hydrogens (tertiary/aromatic N) is 3. The third kappa shape index (κ3) is 2.80. The Labute approximate surface area is 162 Å². The molecule has 0 spiro atoms. The van der Waals surface area contributed by atoms with Crippen LogP contribution < -0.4 is 0 Å². The topological polar surface area (TPSA) is 41.3 Å². The second kappa shape index (κ2) is 6.55. The van der Waals surface area contributed by atoms with Gasteiger partial charge in [-0.25, -0.2) is 4.39 Å². The molecule has 0 amide bonds. The van der Waals surface area contributed by atoms with Crippen LogP contribution in [-0.2, 0) is 20.1 Å². The van der Waals surface area contributed by atoms with Crippen LogP contribution in [0, 0.1) is 5.82 Å². The molecule has 0 radical (unpaired) electrons. The first-order chi connectivity index (χ1) is 13.6. The predicted molar refractivity (Wildman–Crippen MR) is 107 cm³/mol. The lowest BCUT2D eigenvalue weighted by atomic mass is 10.0. The zero-order valence-corrected chi connectivity index (χ0v) is 15.5. The number of rotatable bonds is 3. The average molecular weight is 373 g/mol. The van der Waals surface area contributed by atoms with Crippen molar-refractivity contribution in [3.8, 4) is 11.1 Å². The lowest BCUT2D eigenvalue weighted by Crippen LogP contribution is -2.21. The van der Waals surface area contributed by atoms with Gasteiger partial charge < -0.3 is 5.11 Å². The fourth-order valence-corrected chi connectivity index (χ4v) is 3.97. The van der Waals surface area contributed by atoms with Crippen molar-refractivity contribution in [2.75, 3.05) is 0 Å². The Balaban J connectivity index is 1.41. The number of aliphatic hydroxyl groups excluding tert-OH is 1. The second-order valence-electron chi connectivity index (χ2n) is 7.33. The molecule has 1 atom stereocenters. The molecule has 140 valence electrons. The first kappa shape index (κ1) is 17.1. The van der Waals surface area contributed by atoms with Gasteiger partial charge >= 0.3 is 0 Å². The Morgan fingerprint density at radius 2 is 1.86 bits per heavy atom. The number of benzene rings is 3. The maximum absolute atomic E-state index is 14.9. The van der Waals surface area contributed by atoms with Crippen molar-refractivity contribution in [3.63, 3.8) is 0 Å². The van der Waals surface area contributed by atoms with E-state index in [2.05, 4.69) is 5.10 Å². The van der Waals surface area contributed by atoms with Gasteiger partial charge in [-0.1, -0.05) is 48.5 Å². The van der Waals surface area contributed by atoms with E-state index >= 15 is 0 Å². The van der Waals surface area contributed by atoms with Crippen LogP contribution in [0.5, 0.6) is 0 Å². The van der Waals surface area contributed by atoms with Crippen molar-refractivity contribution in [1.29, 1.82) is 0 Å². The zero-order valence-electron chi connectivity index (χ0n) is 15.5. The summed E-state index contributed by atoms with van der Waals surface area (Å²) in [6.07, 6.45) is 1.13. The predicted octanol–water partition coefficient (Wildman–Crippen LogP) is 4.39. The van der Waals surface area contributed by atoms with Crippen LogP contribution in [0.15, 0.2) is 66.9 Å². The first-order valence-electron chi connectivity index (χ1n) is 9.30. The molecule has 0 saturated heterocycles. The van der Waals surface area contributed by atoms with Gasteiger partial charge in [0.05, 0.1) is 11.7 Å². The molecule has 1 aliphatic heterocycles. The van der Waals surface area contributed by atoms with Crippen LogP contribution in [0.25, 0.3) is 22.0 Å². The third-order valence-corrected chi connectivity index (χ3v) is 5.56. The molecule has 0 bridgehead atoms. The minimum Gasteiger partial charge on any atom is -0.374 e. The Hall–Kier alpha value is -3.02. The van der Waals surface area contributed by atoms with Crippen molar-refractivity contribution < 1.29 is 9.50 Å². The largest absolute Gasteiger partial charge is 0.374 e. The van der Waals surface area contributed by atoms with Crippen LogP contribution in [0.3, 0.4) is 0 Å². The van der Waals surface area contributed by atoms with Crippen molar-refractivity contribution >= 4 is 10.9 Å². The van der Waals surface area contributed by atoms with Gasteiger partial charge in [-0.3, -0.25) is 9.58 Å². The van der Waals surface area contributed by atoms with Gasteiger partial charge in [-0.15, -0.1) is 0 Å². The van der Waals surface area contributed by atoms with E-state index in [1.165, 1.54) is 0 Å². The summed E-state index contributed by atoms with van der Waals surface area (Å²) < 4.78 is 16.7. The molecule has 1 N–H and O–H groups in total. The first-order valence-corrected chi connectivity index (χ1v) is 9.30. The van der Waals surface area contributed by atoms with Crippen LogP contribution in [0.2, 0.25) is 0 Å². The van der Waals surface area contributed by atoms with E-state index in [0.29, 0.717) is 18.7 Å². The van der Waals surface area contributed by atoms with E-state index < -0.39 is 6.23 Å². The van der Waals surface area contributed by atoms with Gasteiger partial charge in [0, 0.05) is 31.1 Å². The fraction of sp³-hybridized carbons (Fsp3) is 0.174. The van der Waals surface area contributed by atoms with Crippen molar-refractivity contribution in [3.05, 3.63) is 89.4 Å². The molecule has 5 heteroatoms. The standard InChI is InChI=1S/C23H20FN3O/c1-26-22-11-16(6-8-17(22)12-25-26)15-7-9-19(21(24)10-15)14-27-13-18-4-2-3-5-20(18)23(27)28/h2-12,23,28H,13-14H2,1H3. The maximum atomic E-state index is 14.9. The van der Waals surface area contributed by atoms with Gasteiger partial charge in [0.25, 0.3) is 0 Å². The minimum absolute atomic E-state index is 0.259. The Morgan fingerprint density at radius 3 is 2.68 bits per heavy atom. The number of hydrogen-bond acceptors (Lipinski definition) is 3. The summed E-state index contributed by atoms with van der Waals surface area (Å²) in [6.45, 7) is 0.985. The van der Waals surface area contributed by atoms with Crippen LogP contribution >= 0.6 is 0 Å². The van der Waals surface area contributed by atoms with Crippen LogP contribution in [-0.4, -0.2) is 19.8 Å². The molecule has 3 aromatic carbocycles. The zero-order chi connectivity index (χ0) is 19.3. The number of fused-ring (bicyclic) bond motifs is 2. The van der Waals surface area contributed by atoms with E-state index in [9.17, 15) is 9.50 Å². The Morgan fingerprint density at radius 1 is 1.07 bits per heavy atom. The molecule has 4 aromatic rings. The summed E-state index contributed by atoms with van der Waals surface area (Å²) in [5.74, 6) is -0.259.